The topological polar surface area (TPSA) is 63.9 Å². The maximum atomic E-state index is 12.1. The van der Waals surface area contributed by atoms with E-state index < -0.39 is 0 Å². The van der Waals surface area contributed by atoms with Crippen LogP contribution < -0.4 is 4.90 Å². The predicted octanol–water partition coefficient (Wildman–Crippen LogP) is 1.58. The first-order valence-corrected chi connectivity index (χ1v) is 6.56. The molecule has 1 aliphatic carbocycles. The van der Waals surface area contributed by atoms with Crippen molar-refractivity contribution in [3.8, 4) is 0 Å². The number of carbonyl (C=O) groups excluding carboxylic acids is 1. The van der Waals surface area contributed by atoms with E-state index >= 15 is 0 Å². The Morgan fingerprint density at radius 2 is 2.11 bits per heavy atom. The van der Waals surface area contributed by atoms with Crippen molar-refractivity contribution in [3.05, 3.63) is 12.7 Å². The van der Waals surface area contributed by atoms with Crippen LogP contribution in [0.25, 0.3) is 11.2 Å². The quantitative estimate of drug-likeness (QED) is 0.819. The zero-order valence-corrected chi connectivity index (χ0v) is 11.2. The molecule has 0 N–H and O–H groups in total. The molecule has 0 aromatic carbocycles. The highest BCUT2D eigenvalue weighted by molar-refractivity contribution is 5.87. The monoisotopic (exact) mass is 259 g/mol. The summed E-state index contributed by atoms with van der Waals surface area (Å²) in [6, 6.07) is -0.108. The van der Waals surface area contributed by atoms with Crippen LogP contribution in [0.3, 0.4) is 0 Å². The van der Waals surface area contributed by atoms with Crippen LogP contribution >= 0.6 is 0 Å². The first-order valence-electron chi connectivity index (χ1n) is 6.56. The fourth-order valence-electron chi connectivity index (χ4n) is 2.65. The van der Waals surface area contributed by atoms with Crippen molar-refractivity contribution >= 4 is 22.8 Å². The highest BCUT2D eigenvalue weighted by atomic mass is 16.1. The molecule has 1 aliphatic rings. The van der Waals surface area contributed by atoms with Gasteiger partial charge in [-0.1, -0.05) is 6.42 Å². The summed E-state index contributed by atoms with van der Waals surface area (Å²) in [4.78, 5) is 26.9. The molecule has 1 unspecified atom stereocenters. The Bertz CT molecular complexity index is 619. The van der Waals surface area contributed by atoms with Gasteiger partial charge in [-0.05, 0) is 12.8 Å². The standard InChI is InChI=1S/C13H17N5O/c1-17(2)12-11-13(15-7-14-12)18(8-16-11)9-5-3-4-6-10(9)19/h7-9H,3-6H2,1-2H3. The zero-order chi connectivity index (χ0) is 13.4. The lowest BCUT2D eigenvalue weighted by molar-refractivity contribution is -0.123. The van der Waals surface area contributed by atoms with Gasteiger partial charge in [-0.15, -0.1) is 0 Å². The molecule has 100 valence electrons. The lowest BCUT2D eigenvalue weighted by Crippen LogP contribution is -2.22. The van der Waals surface area contributed by atoms with Gasteiger partial charge in [0.25, 0.3) is 0 Å². The molecule has 0 aliphatic heterocycles. The van der Waals surface area contributed by atoms with Gasteiger partial charge in [0.05, 0.1) is 12.4 Å². The molecule has 6 nitrogen and oxygen atoms in total. The zero-order valence-electron chi connectivity index (χ0n) is 11.2. The molecule has 2 aromatic heterocycles. The van der Waals surface area contributed by atoms with E-state index in [2.05, 4.69) is 15.0 Å². The molecular weight excluding hydrogens is 242 g/mol. The summed E-state index contributed by atoms with van der Waals surface area (Å²) in [6.07, 6.45) is 6.88. The lowest BCUT2D eigenvalue weighted by atomic mass is 9.94. The number of carbonyl (C=O) groups is 1. The SMILES string of the molecule is CN(C)c1ncnc2c1ncn2C1CCCCC1=O. The number of nitrogens with zero attached hydrogens (tertiary/aromatic N) is 5. The number of ketones is 1. The van der Waals surface area contributed by atoms with Crippen molar-refractivity contribution in [1.29, 1.82) is 0 Å². The average molecular weight is 259 g/mol. The molecule has 1 saturated carbocycles. The molecule has 0 spiro atoms. The lowest BCUT2D eigenvalue weighted by Gasteiger charge is -2.22. The molecule has 1 atom stereocenters. The molecule has 19 heavy (non-hydrogen) atoms. The maximum Gasteiger partial charge on any atom is 0.166 e. The summed E-state index contributed by atoms with van der Waals surface area (Å²) in [7, 11) is 3.85. The van der Waals surface area contributed by atoms with Crippen LogP contribution in [0, 0.1) is 0 Å². The molecule has 2 heterocycles. The molecule has 6 heteroatoms. The van der Waals surface area contributed by atoms with E-state index in [-0.39, 0.29) is 11.8 Å². The number of fused-ring (bicyclic) bond motifs is 1. The van der Waals surface area contributed by atoms with Crippen molar-refractivity contribution < 1.29 is 4.79 Å². The second-order valence-corrected chi connectivity index (χ2v) is 5.14. The van der Waals surface area contributed by atoms with Gasteiger partial charge >= 0.3 is 0 Å². The number of hydrogen-bond acceptors (Lipinski definition) is 5. The third kappa shape index (κ3) is 1.97. The van der Waals surface area contributed by atoms with Crippen LogP contribution in [-0.4, -0.2) is 39.4 Å². The Balaban J connectivity index is 2.10. The van der Waals surface area contributed by atoms with Gasteiger partial charge in [-0.25, -0.2) is 15.0 Å². The summed E-state index contributed by atoms with van der Waals surface area (Å²) in [6.45, 7) is 0. The third-order valence-electron chi connectivity index (χ3n) is 3.62. The highest BCUT2D eigenvalue weighted by Crippen LogP contribution is 2.29. The van der Waals surface area contributed by atoms with Gasteiger partial charge in [0.15, 0.2) is 22.8 Å². The van der Waals surface area contributed by atoms with Crippen molar-refractivity contribution in [3.63, 3.8) is 0 Å². The van der Waals surface area contributed by atoms with Gasteiger partial charge in [0, 0.05) is 20.5 Å². The largest absolute Gasteiger partial charge is 0.361 e. The maximum absolute atomic E-state index is 12.1. The Hall–Kier alpha value is -1.98. The molecule has 0 amide bonds. The molecule has 1 fully saturated rings. The van der Waals surface area contributed by atoms with Gasteiger partial charge in [0.1, 0.15) is 6.33 Å². The Labute approximate surface area is 111 Å². The first-order chi connectivity index (χ1) is 9.18. The summed E-state index contributed by atoms with van der Waals surface area (Å²) >= 11 is 0. The fourth-order valence-corrected chi connectivity index (χ4v) is 2.65. The number of anilines is 1. The minimum Gasteiger partial charge on any atom is -0.361 e. The summed E-state index contributed by atoms with van der Waals surface area (Å²) in [5.74, 6) is 1.07. The summed E-state index contributed by atoms with van der Waals surface area (Å²) in [5.41, 5.74) is 1.50. The second-order valence-electron chi connectivity index (χ2n) is 5.14. The van der Waals surface area contributed by atoms with E-state index in [1.54, 1.807) is 6.33 Å². The molecule has 0 bridgehead atoms. The Morgan fingerprint density at radius 1 is 1.26 bits per heavy atom. The van der Waals surface area contributed by atoms with Crippen molar-refractivity contribution in [2.45, 2.75) is 31.7 Å². The highest BCUT2D eigenvalue weighted by Gasteiger charge is 2.26. The van der Waals surface area contributed by atoms with Crippen LogP contribution in [0.15, 0.2) is 12.7 Å². The molecule has 0 saturated heterocycles. The smallest absolute Gasteiger partial charge is 0.166 e. The van der Waals surface area contributed by atoms with E-state index in [0.29, 0.717) is 6.42 Å². The minimum absolute atomic E-state index is 0.108. The fraction of sp³-hybridized carbons (Fsp3) is 0.538. The van der Waals surface area contributed by atoms with E-state index in [0.717, 1.165) is 36.2 Å². The number of hydrogen-bond donors (Lipinski definition) is 0. The van der Waals surface area contributed by atoms with E-state index in [1.165, 1.54) is 6.33 Å². The van der Waals surface area contributed by atoms with Gasteiger partial charge in [0.2, 0.25) is 0 Å². The van der Waals surface area contributed by atoms with Crippen LogP contribution in [0.5, 0.6) is 0 Å². The average Bonchev–Trinajstić information content (AvgIpc) is 2.82. The summed E-state index contributed by atoms with van der Waals surface area (Å²) < 4.78 is 1.91. The van der Waals surface area contributed by atoms with Crippen molar-refractivity contribution in [2.24, 2.45) is 0 Å². The second kappa shape index (κ2) is 4.60. The first kappa shape index (κ1) is 12.1. The normalized spacial score (nSPS) is 19.9. The third-order valence-corrected chi connectivity index (χ3v) is 3.62. The Morgan fingerprint density at radius 3 is 2.84 bits per heavy atom. The van der Waals surface area contributed by atoms with Gasteiger partial charge in [-0.3, -0.25) is 4.79 Å². The predicted molar refractivity (Wildman–Crippen MR) is 72.2 cm³/mol. The summed E-state index contributed by atoms with van der Waals surface area (Å²) in [5, 5.41) is 0. The number of Topliss-reactive ketones (excluding diaryl/α,β-unsaturated/α-hetero) is 1. The molecule has 3 rings (SSSR count). The number of rotatable bonds is 2. The van der Waals surface area contributed by atoms with Gasteiger partial charge < -0.3 is 9.47 Å². The van der Waals surface area contributed by atoms with E-state index in [4.69, 9.17) is 0 Å². The van der Waals surface area contributed by atoms with E-state index in [1.807, 2.05) is 23.6 Å². The number of aromatic nitrogens is 4. The van der Waals surface area contributed by atoms with Crippen LogP contribution in [-0.2, 0) is 4.79 Å². The molecule has 0 radical (unpaired) electrons. The van der Waals surface area contributed by atoms with E-state index in [9.17, 15) is 4.79 Å². The Kier molecular flexibility index (Phi) is 2.93. The van der Waals surface area contributed by atoms with Gasteiger partial charge in [-0.2, -0.15) is 0 Å². The van der Waals surface area contributed by atoms with Crippen molar-refractivity contribution in [1.82, 2.24) is 19.5 Å². The van der Waals surface area contributed by atoms with Crippen LogP contribution in [0.1, 0.15) is 31.7 Å². The minimum atomic E-state index is -0.108. The molecule has 2 aromatic rings. The van der Waals surface area contributed by atoms with Crippen LogP contribution in [0.4, 0.5) is 5.82 Å². The van der Waals surface area contributed by atoms with Crippen LogP contribution in [0.2, 0.25) is 0 Å². The number of imidazole rings is 1. The van der Waals surface area contributed by atoms with Crippen molar-refractivity contribution in [2.75, 3.05) is 19.0 Å². The molecular formula is C13H17N5O.